The van der Waals surface area contributed by atoms with Gasteiger partial charge in [0.2, 0.25) is 0 Å². The number of carbonyl (C=O) groups excluding carboxylic acids is 1. The van der Waals surface area contributed by atoms with E-state index in [2.05, 4.69) is 5.32 Å². The van der Waals surface area contributed by atoms with Crippen LogP contribution in [0.3, 0.4) is 0 Å². The molecule has 1 N–H and O–H groups in total. The van der Waals surface area contributed by atoms with Crippen molar-refractivity contribution in [3.63, 3.8) is 0 Å². The second-order valence-electron chi connectivity index (χ2n) is 6.89. The molecule has 0 fully saturated rings. The van der Waals surface area contributed by atoms with Gasteiger partial charge in [-0.2, -0.15) is 0 Å². The molecule has 0 spiro atoms. The predicted octanol–water partition coefficient (Wildman–Crippen LogP) is 3.63. The van der Waals surface area contributed by atoms with Crippen molar-refractivity contribution >= 4 is 11.6 Å². The zero-order valence-corrected chi connectivity index (χ0v) is 16.2. The standard InChI is InChI=1S/C20H24N2O5/c1-13-6-8-15(22(24)25)11-16(13)19(23)21-12-20(2,3)14-7-9-17(26-4)18(10-14)27-5/h6-11H,12H2,1-5H3,(H,21,23). The molecule has 0 aliphatic rings. The van der Waals surface area contributed by atoms with Crippen LogP contribution in [0.5, 0.6) is 11.5 Å². The van der Waals surface area contributed by atoms with Gasteiger partial charge in [0, 0.05) is 29.7 Å². The van der Waals surface area contributed by atoms with Crippen molar-refractivity contribution in [3.05, 3.63) is 63.2 Å². The molecule has 2 aromatic rings. The molecule has 0 heterocycles. The van der Waals surface area contributed by atoms with Crippen molar-refractivity contribution in [3.8, 4) is 11.5 Å². The number of nitrogens with zero attached hydrogens (tertiary/aromatic N) is 1. The van der Waals surface area contributed by atoms with E-state index < -0.39 is 4.92 Å². The minimum absolute atomic E-state index is 0.107. The van der Waals surface area contributed by atoms with Gasteiger partial charge in [-0.05, 0) is 30.2 Å². The van der Waals surface area contributed by atoms with Gasteiger partial charge in [-0.3, -0.25) is 14.9 Å². The van der Waals surface area contributed by atoms with Gasteiger partial charge in [-0.15, -0.1) is 0 Å². The molecule has 0 unspecified atom stereocenters. The molecule has 27 heavy (non-hydrogen) atoms. The molecule has 7 heteroatoms. The Morgan fingerprint density at radius 1 is 1.11 bits per heavy atom. The van der Waals surface area contributed by atoms with Crippen molar-refractivity contribution < 1.29 is 19.2 Å². The van der Waals surface area contributed by atoms with Crippen LogP contribution < -0.4 is 14.8 Å². The number of rotatable bonds is 7. The Hall–Kier alpha value is -3.09. The highest BCUT2D eigenvalue weighted by Crippen LogP contribution is 2.33. The summed E-state index contributed by atoms with van der Waals surface area (Å²) in [5.41, 5.74) is 1.46. The minimum Gasteiger partial charge on any atom is -0.493 e. The van der Waals surface area contributed by atoms with E-state index in [-0.39, 0.29) is 17.0 Å². The number of non-ortho nitro benzene ring substituents is 1. The number of nitro groups is 1. The molecule has 1 amide bonds. The summed E-state index contributed by atoms with van der Waals surface area (Å²) in [6.07, 6.45) is 0. The first-order chi connectivity index (χ1) is 12.7. The Morgan fingerprint density at radius 3 is 2.37 bits per heavy atom. The van der Waals surface area contributed by atoms with Crippen molar-refractivity contribution in [2.75, 3.05) is 20.8 Å². The van der Waals surface area contributed by atoms with Crippen LogP contribution in [0.15, 0.2) is 36.4 Å². The smallest absolute Gasteiger partial charge is 0.270 e. The summed E-state index contributed by atoms with van der Waals surface area (Å²) in [6.45, 7) is 6.09. The Balaban J connectivity index is 2.18. The quantitative estimate of drug-likeness (QED) is 0.592. The number of benzene rings is 2. The van der Waals surface area contributed by atoms with E-state index in [1.54, 1.807) is 27.2 Å². The number of nitro benzene ring substituents is 1. The summed E-state index contributed by atoms with van der Waals surface area (Å²) in [5, 5.41) is 13.8. The van der Waals surface area contributed by atoms with Gasteiger partial charge in [0.25, 0.3) is 11.6 Å². The number of amides is 1. The number of hydrogen-bond donors (Lipinski definition) is 1. The third-order valence-electron chi connectivity index (χ3n) is 4.53. The van der Waals surface area contributed by atoms with Crippen LogP contribution in [0, 0.1) is 17.0 Å². The molecule has 2 rings (SSSR count). The summed E-state index contributed by atoms with van der Waals surface area (Å²) < 4.78 is 10.6. The number of hydrogen-bond acceptors (Lipinski definition) is 5. The number of carbonyl (C=O) groups is 1. The molecule has 0 aliphatic carbocycles. The molecular formula is C20H24N2O5. The van der Waals surface area contributed by atoms with Crippen LogP contribution in [0.25, 0.3) is 0 Å². The number of nitrogens with one attached hydrogen (secondary N) is 1. The van der Waals surface area contributed by atoms with E-state index in [0.29, 0.717) is 29.2 Å². The summed E-state index contributed by atoms with van der Waals surface area (Å²) in [5.74, 6) is 0.905. The van der Waals surface area contributed by atoms with Crippen molar-refractivity contribution in [2.24, 2.45) is 0 Å². The van der Waals surface area contributed by atoms with E-state index >= 15 is 0 Å². The lowest BCUT2D eigenvalue weighted by atomic mass is 9.84. The topological polar surface area (TPSA) is 90.7 Å². The minimum atomic E-state index is -0.510. The van der Waals surface area contributed by atoms with Gasteiger partial charge in [-0.1, -0.05) is 26.0 Å². The molecule has 0 saturated heterocycles. The van der Waals surface area contributed by atoms with Crippen LogP contribution in [0.2, 0.25) is 0 Å². The predicted molar refractivity (Wildman–Crippen MR) is 103 cm³/mol. The number of ether oxygens (including phenoxy) is 2. The first kappa shape index (κ1) is 20.2. The molecule has 0 aliphatic heterocycles. The van der Waals surface area contributed by atoms with Crippen molar-refractivity contribution in [1.82, 2.24) is 5.32 Å². The van der Waals surface area contributed by atoms with Gasteiger partial charge in [0.1, 0.15) is 0 Å². The van der Waals surface area contributed by atoms with Gasteiger partial charge in [0.05, 0.1) is 19.1 Å². The SMILES string of the molecule is COc1ccc(C(C)(C)CNC(=O)c2cc([N+](=O)[O-])ccc2C)cc1OC. The second-order valence-corrected chi connectivity index (χ2v) is 6.89. The molecule has 0 atom stereocenters. The summed E-state index contributed by atoms with van der Waals surface area (Å²) >= 11 is 0. The van der Waals surface area contributed by atoms with Crippen LogP contribution in [-0.4, -0.2) is 31.6 Å². The average molecular weight is 372 g/mol. The molecule has 144 valence electrons. The van der Waals surface area contributed by atoms with Crippen LogP contribution >= 0.6 is 0 Å². The Bertz CT molecular complexity index is 861. The molecule has 0 aromatic heterocycles. The Morgan fingerprint density at radius 2 is 1.78 bits per heavy atom. The molecule has 2 aromatic carbocycles. The zero-order chi connectivity index (χ0) is 20.2. The third-order valence-corrected chi connectivity index (χ3v) is 4.53. The fourth-order valence-electron chi connectivity index (χ4n) is 2.72. The Labute approximate surface area is 158 Å². The fourth-order valence-corrected chi connectivity index (χ4v) is 2.72. The second kappa shape index (κ2) is 8.07. The summed E-state index contributed by atoms with van der Waals surface area (Å²) in [4.78, 5) is 23.0. The maximum absolute atomic E-state index is 12.6. The van der Waals surface area contributed by atoms with E-state index in [1.807, 2.05) is 32.0 Å². The van der Waals surface area contributed by atoms with E-state index in [4.69, 9.17) is 9.47 Å². The van der Waals surface area contributed by atoms with Gasteiger partial charge in [-0.25, -0.2) is 0 Å². The average Bonchev–Trinajstić information content (AvgIpc) is 2.65. The normalized spacial score (nSPS) is 11.0. The van der Waals surface area contributed by atoms with Gasteiger partial charge >= 0.3 is 0 Å². The Kier molecular flexibility index (Phi) is 6.05. The third kappa shape index (κ3) is 4.55. The van der Waals surface area contributed by atoms with Gasteiger partial charge in [0.15, 0.2) is 11.5 Å². The van der Waals surface area contributed by atoms with Crippen LogP contribution in [-0.2, 0) is 5.41 Å². The number of methoxy groups -OCH3 is 2. The molecule has 0 saturated carbocycles. The monoisotopic (exact) mass is 372 g/mol. The van der Waals surface area contributed by atoms with Gasteiger partial charge < -0.3 is 14.8 Å². The first-order valence-electron chi connectivity index (χ1n) is 8.45. The lowest BCUT2D eigenvalue weighted by molar-refractivity contribution is -0.384. The molecule has 0 radical (unpaired) electrons. The fraction of sp³-hybridized carbons (Fsp3) is 0.350. The highest BCUT2D eigenvalue weighted by atomic mass is 16.6. The lowest BCUT2D eigenvalue weighted by Crippen LogP contribution is -2.37. The lowest BCUT2D eigenvalue weighted by Gasteiger charge is -2.26. The van der Waals surface area contributed by atoms with E-state index in [0.717, 1.165) is 5.56 Å². The largest absolute Gasteiger partial charge is 0.493 e. The maximum Gasteiger partial charge on any atom is 0.270 e. The van der Waals surface area contributed by atoms with Crippen molar-refractivity contribution in [2.45, 2.75) is 26.2 Å². The molecule has 7 nitrogen and oxygen atoms in total. The summed E-state index contributed by atoms with van der Waals surface area (Å²) in [7, 11) is 3.14. The van der Waals surface area contributed by atoms with E-state index in [1.165, 1.54) is 12.1 Å². The van der Waals surface area contributed by atoms with Crippen molar-refractivity contribution in [1.29, 1.82) is 0 Å². The highest BCUT2D eigenvalue weighted by Gasteiger charge is 2.24. The van der Waals surface area contributed by atoms with Crippen LogP contribution in [0.4, 0.5) is 5.69 Å². The first-order valence-corrected chi connectivity index (χ1v) is 8.45. The van der Waals surface area contributed by atoms with Crippen LogP contribution in [0.1, 0.15) is 35.3 Å². The molecular weight excluding hydrogens is 348 g/mol. The highest BCUT2D eigenvalue weighted by molar-refractivity contribution is 5.96. The molecule has 0 bridgehead atoms. The summed E-state index contributed by atoms with van der Waals surface area (Å²) in [6, 6.07) is 9.89. The van der Waals surface area contributed by atoms with E-state index in [9.17, 15) is 14.9 Å². The maximum atomic E-state index is 12.6. The zero-order valence-electron chi connectivity index (χ0n) is 16.2. The number of aryl methyl sites for hydroxylation is 1.